The Morgan fingerprint density at radius 3 is 2.03 bits per heavy atom. The predicted molar refractivity (Wildman–Crippen MR) is 135 cm³/mol. The van der Waals surface area contributed by atoms with Crippen LogP contribution in [0.15, 0.2) is 48.5 Å². The van der Waals surface area contributed by atoms with Gasteiger partial charge in [-0.25, -0.2) is 30.7 Å². The van der Waals surface area contributed by atoms with Crippen molar-refractivity contribution in [3.05, 3.63) is 112 Å². The molecule has 1 nitrogen and oxygen atoms in total. The topological polar surface area (TPSA) is 9.23 Å². The van der Waals surface area contributed by atoms with Gasteiger partial charge in [0.1, 0.15) is 29.0 Å². The van der Waals surface area contributed by atoms with Gasteiger partial charge in [-0.05, 0) is 60.5 Å². The van der Waals surface area contributed by atoms with Crippen LogP contribution in [0.4, 0.5) is 30.7 Å². The van der Waals surface area contributed by atoms with Gasteiger partial charge in [-0.3, -0.25) is 0 Å². The molecule has 0 N–H and O–H groups in total. The Morgan fingerprint density at radius 2 is 1.36 bits per heavy atom. The summed E-state index contributed by atoms with van der Waals surface area (Å²) in [5.74, 6) is -2.91. The quantitative estimate of drug-likeness (QED) is 0.0935. The molecule has 0 saturated heterocycles. The van der Waals surface area contributed by atoms with Gasteiger partial charge >= 0.3 is 0 Å². The first-order valence-electron chi connectivity index (χ1n) is 12.4. The molecule has 0 radical (unpaired) electrons. The molecule has 0 bridgehead atoms. The van der Waals surface area contributed by atoms with Crippen molar-refractivity contribution < 1.29 is 35.5 Å². The van der Waals surface area contributed by atoms with E-state index >= 15 is 0 Å². The molecule has 0 heterocycles. The minimum absolute atomic E-state index is 0.0324. The summed E-state index contributed by atoms with van der Waals surface area (Å²) in [6, 6.07) is 8.81. The van der Waals surface area contributed by atoms with Gasteiger partial charge < -0.3 is 4.74 Å². The summed E-state index contributed by atoms with van der Waals surface area (Å²) in [6.07, 6.45) is 2.52. The SMILES string of the molecule is CCCCCOc1cc(F)c(CCc2cc(F)c(C#Cc3ccc4c(F)c(F)c(F)cc4c3)c(F)c2)c(F)c1. The zero-order valence-corrected chi connectivity index (χ0v) is 20.9. The maximum absolute atomic E-state index is 14.7. The van der Waals surface area contributed by atoms with Crippen molar-refractivity contribution in [1.29, 1.82) is 0 Å². The van der Waals surface area contributed by atoms with E-state index in [0.29, 0.717) is 6.61 Å². The van der Waals surface area contributed by atoms with Crippen LogP contribution in [-0.4, -0.2) is 6.61 Å². The second kappa shape index (κ2) is 12.2. The van der Waals surface area contributed by atoms with Crippen molar-refractivity contribution in [2.45, 2.75) is 39.0 Å². The number of benzene rings is 4. The van der Waals surface area contributed by atoms with Gasteiger partial charge in [-0.15, -0.1) is 0 Å². The fraction of sp³-hybridized carbons (Fsp3) is 0.226. The molecule has 0 fully saturated rings. The van der Waals surface area contributed by atoms with Crippen molar-refractivity contribution in [3.8, 4) is 17.6 Å². The third-order valence-electron chi connectivity index (χ3n) is 6.20. The fourth-order valence-electron chi connectivity index (χ4n) is 4.12. The number of hydrogen-bond acceptors (Lipinski definition) is 1. The summed E-state index contributed by atoms with van der Waals surface area (Å²) in [7, 11) is 0. The molecular weight excluding hydrogens is 521 g/mol. The Morgan fingerprint density at radius 1 is 0.667 bits per heavy atom. The van der Waals surface area contributed by atoms with E-state index in [0.717, 1.165) is 49.6 Å². The Balaban J connectivity index is 1.48. The van der Waals surface area contributed by atoms with Crippen LogP contribution < -0.4 is 4.74 Å². The smallest absolute Gasteiger partial charge is 0.195 e. The van der Waals surface area contributed by atoms with Crippen molar-refractivity contribution in [2.24, 2.45) is 0 Å². The molecule has 0 atom stereocenters. The van der Waals surface area contributed by atoms with E-state index in [2.05, 4.69) is 11.8 Å². The second-order valence-electron chi connectivity index (χ2n) is 9.03. The first kappa shape index (κ1) is 28.0. The van der Waals surface area contributed by atoms with Crippen LogP contribution in [0.25, 0.3) is 10.8 Å². The molecule has 4 rings (SSSR count). The molecule has 0 aliphatic heterocycles. The normalized spacial score (nSPS) is 11.0. The maximum atomic E-state index is 14.7. The lowest BCUT2D eigenvalue weighted by Gasteiger charge is -2.10. The third-order valence-corrected chi connectivity index (χ3v) is 6.20. The van der Waals surface area contributed by atoms with Gasteiger partial charge in [0.05, 0.1) is 12.2 Å². The van der Waals surface area contributed by atoms with Crippen molar-refractivity contribution in [3.63, 3.8) is 0 Å². The standard InChI is InChI=1S/C31H23F7O/c1-2-3-4-11-39-21-16-27(34)24(28(35)17-21)10-7-19-13-25(32)23(26(33)14-19)9-6-18-5-8-22-20(12-18)15-29(36)31(38)30(22)37/h5,8,12-17H,2-4,7,10-11H2,1H3. The Labute approximate surface area is 221 Å². The lowest BCUT2D eigenvalue weighted by molar-refractivity contribution is 0.302. The van der Waals surface area contributed by atoms with E-state index < -0.39 is 46.3 Å². The molecule has 4 aromatic carbocycles. The van der Waals surface area contributed by atoms with E-state index in [1.807, 2.05) is 6.92 Å². The van der Waals surface area contributed by atoms with Crippen LogP contribution in [0, 0.1) is 52.6 Å². The summed E-state index contributed by atoms with van der Waals surface area (Å²) >= 11 is 0. The number of rotatable bonds is 8. The van der Waals surface area contributed by atoms with Crippen LogP contribution in [0.3, 0.4) is 0 Å². The van der Waals surface area contributed by atoms with E-state index in [1.54, 1.807) is 0 Å². The van der Waals surface area contributed by atoms with Gasteiger partial charge in [-0.2, -0.15) is 0 Å². The van der Waals surface area contributed by atoms with Gasteiger partial charge in [-0.1, -0.05) is 37.7 Å². The molecule has 39 heavy (non-hydrogen) atoms. The number of fused-ring (bicyclic) bond motifs is 1. The molecule has 0 aliphatic rings. The zero-order valence-electron chi connectivity index (χ0n) is 20.9. The summed E-state index contributed by atoms with van der Waals surface area (Å²) < 4.78 is 105. The molecule has 4 aromatic rings. The van der Waals surface area contributed by atoms with E-state index in [-0.39, 0.29) is 46.1 Å². The Kier molecular flexibility index (Phi) is 8.80. The maximum Gasteiger partial charge on any atom is 0.195 e. The highest BCUT2D eigenvalue weighted by Crippen LogP contribution is 2.25. The van der Waals surface area contributed by atoms with Crippen molar-refractivity contribution >= 4 is 10.8 Å². The minimum Gasteiger partial charge on any atom is -0.493 e. The Hall–Kier alpha value is -3.99. The number of halogens is 7. The van der Waals surface area contributed by atoms with Crippen molar-refractivity contribution in [2.75, 3.05) is 6.61 Å². The van der Waals surface area contributed by atoms with Gasteiger partial charge in [0, 0.05) is 28.6 Å². The monoisotopic (exact) mass is 544 g/mol. The van der Waals surface area contributed by atoms with E-state index in [9.17, 15) is 30.7 Å². The molecule has 0 aromatic heterocycles. The number of hydrogen-bond donors (Lipinski definition) is 0. The summed E-state index contributed by atoms with van der Waals surface area (Å²) in [4.78, 5) is 0. The van der Waals surface area contributed by atoms with Gasteiger partial charge in [0.15, 0.2) is 17.5 Å². The predicted octanol–water partition coefficient (Wildman–Crippen LogP) is 8.57. The largest absolute Gasteiger partial charge is 0.493 e. The first-order valence-corrected chi connectivity index (χ1v) is 12.4. The van der Waals surface area contributed by atoms with Crippen LogP contribution in [0.5, 0.6) is 5.75 Å². The highest BCUT2D eigenvalue weighted by atomic mass is 19.2. The summed E-state index contributed by atoms with van der Waals surface area (Å²) in [5.41, 5.74) is -0.394. The first-order chi connectivity index (χ1) is 18.7. The van der Waals surface area contributed by atoms with Crippen LogP contribution in [-0.2, 0) is 12.8 Å². The van der Waals surface area contributed by atoms with E-state index in [1.165, 1.54) is 18.2 Å². The van der Waals surface area contributed by atoms with Crippen LogP contribution >= 0.6 is 0 Å². The molecule has 0 spiro atoms. The average Bonchev–Trinajstić information content (AvgIpc) is 2.89. The van der Waals surface area contributed by atoms with E-state index in [4.69, 9.17) is 4.74 Å². The third kappa shape index (κ3) is 6.54. The lowest BCUT2D eigenvalue weighted by atomic mass is 10.0. The molecular formula is C31H23F7O. The Bertz CT molecular complexity index is 1540. The minimum atomic E-state index is -1.60. The molecule has 0 saturated carbocycles. The van der Waals surface area contributed by atoms with Crippen molar-refractivity contribution in [1.82, 2.24) is 0 Å². The number of aryl methyl sites for hydroxylation is 1. The van der Waals surface area contributed by atoms with Crippen LogP contribution in [0.1, 0.15) is 48.4 Å². The highest BCUT2D eigenvalue weighted by molar-refractivity contribution is 5.84. The molecule has 0 unspecified atom stereocenters. The highest BCUT2D eigenvalue weighted by Gasteiger charge is 2.16. The van der Waals surface area contributed by atoms with Gasteiger partial charge in [0.25, 0.3) is 0 Å². The van der Waals surface area contributed by atoms with Gasteiger partial charge in [0.2, 0.25) is 0 Å². The molecule has 8 heteroatoms. The fourth-order valence-corrected chi connectivity index (χ4v) is 4.12. The summed E-state index contributed by atoms with van der Waals surface area (Å²) in [5, 5.41) is -0.131. The zero-order chi connectivity index (χ0) is 28.1. The summed E-state index contributed by atoms with van der Waals surface area (Å²) in [6.45, 7) is 2.37. The number of unbranched alkanes of at least 4 members (excludes halogenated alkanes) is 2. The molecule has 0 amide bonds. The van der Waals surface area contributed by atoms with Crippen LogP contribution in [0.2, 0.25) is 0 Å². The second-order valence-corrected chi connectivity index (χ2v) is 9.03. The molecule has 202 valence electrons. The lowest BCUT2D eigenvalue weighted by Crippen LogP contribution is -2.03. The average molecular weight is 545 g/mol. The number of ether oxygens (including phenoxy) is 1. The molecule has 0 aliphatic carbocycles.